The Morgan fingerprint density at radius 2 is 0.922 bits per heavy atom. The molecule has 0 aliphatic heterocycles. The number of unbranched alkanes of at least 4 members (excludes halogenated alkanes) is 17. The van der Waals surface area contributed by atoms with Crippen LogP contribution in [0.4, 0.5) is 0 Å². The van der Waals surface area contributed by atoms with Crippen molar-refractivity contribution in [1.29, 1.82) is 0 Å². The molecule has 0 saturated carbocycles. The maximum atomic E-state index is 13.2. The van der Waals surface area contributed by atoms with E-state index in [0.29, 0.717) is 19.3 Å². The van der Waals surface area contributed by atoms with Gasteiger partial charge in [0, 0.05) is 6.42 Å². The number of nitrogens with one attached hydrogen (secondary N) is 1. The third-order valence-electron chi connectivity index (χ3n) is 10.9. The lowest BCUT2D eigenvalue weighted by Crippen LogP contribution is -2.46. The largest absolute Gasteiger partial charge is 0.462 e. The van der Waals surface area contributed by atoms with Crippen molar-refractivity contribution in [3.63, 3.8) is 0 Å². The van der Waals surface area contributed by atoms with E-state index in [1.165, 1.54) is 77.0 Å². The number of aliphatic hydroxyl groups excluding tert-OH is 2. The molecule has 3 N–H and O–H groups in total. The van der Waals surface area contributed by atoms with Gasteiger partial charge in [0.2, 0.25) is 5.91 Å². The standard InChI is InChI=1S/C58H95NO5/c1-4-7-10-13-16-19-22-24-26-27-28-29-31-33-36-39-42-45-48-51-58(63)64-54(49-46-43-40-37-35-32-30-25-23-20-17-14-11-8-5-2)52-57(62)59-55(53-60)56(61)50-47-44-41-38-34-21-18-15-12-9-6-3/h8,11,14,16-17,19-20,23-26,28-30,32-33,35-37,40,54-56,60-61H,4-7,9-10,12-13,15,18,21-22,27,31,34,38-39,41-53H2,1-3H3,(H,59,62)/b11-8-,17-14+,19-16-,23-20+,26-24-,29-28-,30-25-,35-32+,36-33-,40-37+. The molecule has 0 saturated heterocycles. The second-order valence-electron chi connectivity index (χ2n) is 17.0. The van der Waals surface area contributed by atoms with Crippen molar-refractivity contribution in [3.8, 4) is 0 Å². The molecule has 0 radical (unpaired) electrons. The van der Waals surface area contributed by atoms with Crippen molar-refractivity contribution in [2.75, 3.05) is 6.61 Å². The van der Waals surface area contributed by atoms with Gasteiger partial charge in [-0.2, -0.15) is 0 Å². The Balaban J connectivity index is 4.80. The first-order chi connectivity index (χ1) is 31.5. The number of allylic oxidation sites excluding steroid dienone is 20. The SMILES string of the molecule is CC\C=C/C=C/C=C/C=C\C=C\C=C\CCCC(CC(=O)NC(CO)C(O)CCCCCCCCCCCCC)OC(=O)CCCCC/C=C\C/C=C\C/C=C\C/C=C\CCCCC. The van der Waals surface area contributed by atoms with E-state index in [9.17, 15) is 19.8 Å². The third-order valence-corrected chi connectivity index (χ3v) is 10.9. The fourth-order valence-corrected chi connectivity index (χ4v) is 7.04. The molecule has 0 aromatic carbocycles. The average molecular weight is 886 g/mol. The molecule has 0 rings (SSSR count). The van der Waals surface area contributed by atoms with Crippen molar-refractivity contribution in [2.45, 2.75) is 225 Å². The molecular formula is C58H95NO5. The topological polar surface area (TPSA) is 95.9 Å². The summed E-state index contributed by atoms with van der Waals surface area (Å²) in [5.74, 6) is -0.598. The van der Waals surface area contributed by atoms with Crippen molar-refractivity contribution >= 4 is 11.9 Å². The number of hydrogen-bond acceptors (Lipinski definition) is 5. The second-order valence-corrected chi connectivity index (χ2v) is 17.0. The Kier molecular flexibility index (Phi) is 47.3. The summed E-state index contributed by atoms with van der Waals surface area (Å²) in [6, 6.07) is -0.740. The van der Waals surface area contributed by atoms with Gasteiger partial charge in [-0.15, -0.1) is 0 Å². The van der Waals surface area contributed by atoms with E-state index >= 15 is 0 Å². The number of esters is 1. The first-order valence-corrected chi connectivity index (χ1v) is 25.8. The number of aliphatic hydroxyl groups is 2. The molecule has 0 bridgehead atoms. The molecule has 0 heterocycles. The zero-order valence-electron chi connectivity index (χ0n) is 41.1. The van der Waals surface area contributed by atoms with Gasteiger partial charge in [0.15, 0.2) is 0 Å². The van der Waals surface area contributed by atoms with E-state index in [1.807, 2.05) is 60.8 Å². The highest BCUT2D eigenvalue weighted by Crippen LogP contribution is 2.16. The molecule has 0 aromatic heterocycles. The first kappa shape index (κ1) is 60.3. The summed E-state index contributed by atoms with van der Waals surface area (Å²) in [7, 11) is 0. The molecule has 3 atom stereocenters. The van der Waals surface area contributed by atoms with Crippen LogP contribution >= 0.6 is 0 Å². The highest BCUT2D eigenvalue weighted by molar-refractivity contribution is 5.77. The first-order valence-electron chi connectivity index (χ1n) is 25.8. The monoisotopic (exact) mass is 886 g/mol. The molecule has 0 fully saturated rings. The number of carbonyl (C=O) groups is 2. The van der Waals surface area contributed by atoms with Crippen molar-refractivity contribution in [1.82, 2.24) is 5.32 Å². The lowest BCUT2D eigenvalue weighted by atomic mass is 10.0. The molecule has 0 aliphatic rings. The molecule has 3 unspecified atom stereocenters. The minimum absolute atomic E-state index is 0.00544. The minimum atomic E-state index is -0.821. The van der Waals surface area contributed by atoms with Crippen molar-refractivity contribution in [2.24, 2.45) is 0 Å². The van der Waals surface area contributed by atoms with E-state index in [4.69, 9.17) is 4.74 Å². The van der Waals surface area contributed by atoms with Gasteiger partial charge < -0.3 is 20.3 Å². The predicted molar refractivity (Wildman–Crippen MR) is 277 cm³/mol. The van der Waals surface area contributed by atoms with Crippen LogP contribution in [-0.4, -0.2) is 46.9 Å². The van der Waals surface area contributed by atoms with Gasteiger partial charge in [0.25, 0.3) is 0 Å². The molecule has 0 aliphatic carbocycles. The lowest BCUT2D eigenvalue weighted by Gasteiger charge is -2.24. The van der Waals surface area contributed by atoms with Crippen LogP contribution in [0.5, 0.6) is 0 Å². The van der Waals surface area contributed by atoms with Gasteiger partial charge in [0.05, 0.1) is 25.2 Å². The maximum absolute atomic E-state index is 13.2. The molecule has 6 heteroatoms. The molecule has 0 aromatic rings. The van der Waals surface area contributed by atoms with E-state index in [0.717, 1.165) is 83.5 Å². The smallest absolute Gasteiger partial charge is 0.306 e. The maximum Gasteiger partial charge on any atom is 0.306 e. The number of amides is 1. The fourth-order valence-electron chi connectivity index (χ4n) is 7.04. The summed E-state index contributed by atoms with van der Waals surface area (Å²) in [5.41, 5.74) is 0. The van der Waals surface area contributed by atoms with Gasteiger partial charge in [-0.05, 0) is 83.5 Å². The van der Waals surface area contributed by atoms with Crippen molar-refractivity contribution in [3.05, 3.63) is 122 Å². The zero-order valence-corrected chi connectivity index (χ0v) is 41.1. The van der Waals surface area contributed by atoms with Gasteiger partial charge >= 0.3 is 5.97 Å². The van der Waals surface area contributed by atoms with E-state index in [1.54, 1.807) is 0 Å². The number of rotatable bonds is 44. The van der Waals surface area contributed by atoms with Crippen LogP contribution in [0, 0.1) is 0 Å². The molecular weight excluding hydrogens is 791 g/mol. The van der Waals surface area contributed by atoms with Crippen LogP contribution in [0.25, 0.3) is 0 Å². The highest BCUT2D eigenvalue weighted by Gasteiger charge is 2.24. The van der Waals surface area contributed by atoms with Crippen molar-refractivity contribution < 1.29 is 24.5 Å². The summed E-state index contributed by atoms with van der Waals surface area (Å²) in [4.78, 5) is 26.1. The quantitative estimate of drug-likeness (QED) is 0.0245. The number of carbonyl (C=O) groups excluding carboxylic acids is 2. The van der Waals surface area contributed by atoms with Gasteiger partial charge in [-0.3, -0.25) is 9.59 Å². The number of hydrogen-bond donors (Lipinski definition) is 3. The Bertz CT molecular complexity index is 1360. The Morgan fingerprint density at radius 1 is 0.484 bits per heavy atom. The van der Waals surface area contributed by atoms with E-state index in [2.05, 4.69) is 86.8 Å². The molecule has 64 heavy (non-hydrogen) atoms. The summed E-state index contributed by atoms with van der Waals surface area (Å²) >= 11 is 0. The van der Waals surface area contributed by atoms with Gasteiger partial charge in [-0.1, -0.05) is 232 Å². The minimum Gasteiger partial charge on any atom is -0.462 e. The van der Waals surface area contributed by atoms with Gasteiger partial charge in [-0.25, -0.2) is 0 Å². The Hall–Kier alpha value is -3.74. The molecule has 6 nitrogen and oxygen atoms in total. The predicted octanol–water partition coefficient (Wildman–Crippen LogP) is 15.7. The normalized spacial score (nSPS) is 14.3. The third kappa shape index (κ3) is 44.9. The number of ether oxygens (including phenoxy) is 1. The van der Waals surface area contributed by atoms with E-state index in [-0.39, 0.29) is 24.9 Å². The Morgan fingerprint density at radius 3 is 1.45 bits per heavy atom. The van der Waals surface area contributed by atoms with E-state index < -0.39 is 18.2 Å². The lowest BCUT2D eigenvalue weighted by molar-refractivity contribution is -0.151. The van der Waals surface area contributed by atoms with Gasteiger partial charge in [0.1, 0.15) is 6.10 Å². The Labute approximate surface area is 393 Å². The molecule has 0 spiro atoms. The molecule has 362 valence electrons. The molecule has 1 amide bonds. The van der Waals surface area contributed by atoms with Crippen LogP contribution in [0.15, 0.2) is 122 Å². The summed E-state index contributed by atoms with van der Waals surface area (Å²) in [6.07, 6.45) is 69.7. The highest BCUT2D eigenvalue weighted by atomic mass is 16.5. The summed E-state index contributed by atoms with van der Waals surface area (Å²) in [6.45, 7) is 6.26. The van der Waals surface area contributed by atoms with Crippen LogP contribution in [0.3, 0.4) is 0 Å². The summed E-state index contributed by atoms with van der Waals surface area (Å²) < 4.78 is 5.88. The van der Waals surface area contributed by atoms with Crippen LogP contribution in [0.1, 0.15) is 207 Å². The zero-order chi connectivity index (χ0) is 46.7. The van der Waals surface area contributed by atoms with Crippen LogP contribution < -0.4 is 5.32 Å². The van der Waals surface area contributed by atoms with Crippen LogP contribution in [0.2, 0.25) is 0 Å². The summed E-state index contributed by atoms with van der Waals surface area (Å²) in [5, 5.41) is 23.7. The van der Waals surface area contributed by atoms with Crippen LogP contribution in [-0.2, 0) is 14.3 Å². The average Bonchev–Trinajstić information content (AvgIpc) is 3.29. The second kappa shape index (κ2) is 50.3. The fraction of sp³-hybridized carbons (Fsp3) is 0.621.